The Labute approximate surface area is 119 Å². The predicted octanol–water partition coefficient (Wildman–Crippen LogP) is 3.35. The fourth-order valence-corrected chi connectivity index (χ4v) is 2.22. The van der Waals surface area contributed by atoms with E-state index in [0.717, 1.165) is 5.75 Å². The van der Waals surface area contributed by atoms with Gasteiger partial charge in [0.25, 0.3) is 0 Å². The Bertz CT molecular complexity index is 541. The highest BCUT2D eigenvalue weighted by Crippen LogP contribution is 2.33. The lowest BCUT2D eigenvalue weighted by molar-refractivity contribution is 0.0985. The van der Waals surface area contributed by atoms with Crippen LogP contribution < -0.4 is 9.47 Å². The van der Waals surface area contributed by atoms with Gasteiger partial charge in [-0.2, -0.15) is 0 Å². The molecular weight excluding hydrogens is 252 g/mol. The first kappa shape index (κ1) is 14.4. The van der Waals surface area contributed by atoms with Crippen molar-refractivity contribution in [1.29, 1.82) is 0 Å². The third-order valence-electron chi connectivity index (χ3n) is 3.62. The molecule has 0 aliphatic rings. The van der Waals surface area contributed by atoms with Crippen molar-refractivity contribution in [3.8, 4) is 11.5 Å². The first-order valence-corrected chi connectivity index (χ1v) is 6.56. The van der Waals surface area contributed by atoms with E-state index in [1.807, 2.05) is 36.4 Å². The molecule has 0 saturated carbocycles. The summed E-state index contributed by atoms with van der Waals surface area (Å²) in [6.07, 6.45) is 0. The Hall–Kier alpha value is -2.00. The molecule has 0 saturated heterocycles. The molecule has 2 rings (SSSR count). The maximum atomic E-state index is 8.74. The monoisotopic (exact) mass is 272 g/mol. The highest BCUT2D eigenvalue weighted by atomic mass is 16.6. The number of aliphatic hydroxyl groups excluding tert-OH is 1. The normalized spacial score (nSPS) is 11.2. The molecule has 3 nitrogen and oxygen atoms in total. The number of methoxy groups -OCH3 is 1. The predicted molar refractivity (Wildman–Crippen MR) is 79.3 cm³/mol. The quantitative estimate of drug-likeness (QED) is 0.848. The van der Waals surface area contributed by atoms with Crippen LogP contribution in [0.5, 0.6) is 11.5 Å². The topological polar surface area (TPSA) is 38.7 Å². The molecule has 0 radical (unpaired) electrons. The highest BCUT2D eigenvalue weighted by molar-refractivity contribution is 5.41. The van der Waals surface area contributed by atoms with Gasteiger partial charge in [0.2, 0.25) is 0 Å². The van der Waals surface area contributed by atoms with E-state index in [4.69, 9.17) is 14.6 Å². The highest BCUT2D eigenvalue weighted by Gasteiger charge is 2.23. The molecule has 0 fully saturated rings. The van der Waals surface area contributed by atoms with Gasteiger partial charge in [-0.15, -0.1) is 0 Å². The zero-order valence-corrected chi connectivity index (χ0v) is 12.1. The molecule has 1 N–H and O–H groups in total. The van der Waals surface area contributed by atoms with Gasteiger partial charge >= 0.3 is 0 Å². The third-order valence-corrected chi connectivity index (χ3v) is 3.62. The Morgan fingerprint density at radius 3 is 1.70 bits per heavy atom. The van der Waals surface area contributed by atoms with E-state index < -0.39 is 0 Å². The second kappa shape index (κ2) is 5.97. The average Bonchev–Trinajstić information content (AvgIpc) is 2.48. The summed E-state index contributed by atoms with van der Waals surface area (Å²) in [6.45, 7) is 4.05. The number of aliphatic hydroxyl groups is 1. The minimum atomic E-state index is -0.304. The van der Waals surface area contributed by atoms with Crippen molar-refractivity contribution in [2.24, 2.45) is 0 Å². The van der Waals surface area contributed by atoms with Crippen molar-refractivity contribution in [3.63, 3.8) is 0 Å². The van der Waals surface area contributed by atoms with E-state index in [2.05, 4.69) is 26.0 Å². The molecule has 0 atom stereocenters. The largest absolute Gasteiger partial charge is 0.497 e. The zero-order chi connectivity index (χ0) is 14.6. The molecular formula is C17H20O3. The number of hydrogen-bond donors (Lipinski definition) is 1. The number of ether oxygens (including phenoxy) is 2. The lowest BCUT2D eigenvalue weighted by Gasteiger charge is -2.26. The Kier molecular flexibility index (Phi) is 4.30. The molecule has 0 heterocycles. The van der Waals surface area contributed by atoms with Crippen molar-refractivity contribution in [2.75, 3.05) is 13.9 Å². The van der Waals surface area contributed by atoms with Gasteiger partial charge in [-0.3, -0.25) is 0 Å². The summed E-state index contributed by atoms with van der Waals surface area (Å²) in [6, 6.07) is 15.9. The van der Waals surface area contributed by atoms with Crippen LogP contribution in [-0.4, -0.2) is 19.0 Å². The van der Waals surface area contributed by atoms with E-state index in [-0.39, 0.29) is 12.2 Å². The molecule has 106 valence electrons. The van der Waals surface area contributed by atoms with Crippen molar-refractivity contribution in [1.82, 2.24) is 0 Å². The number of benzene rings is 2. The van der Waals surface area contributed by atoms with E-state index >= 15 is 0 Å². The lowest BCUT2D eigenvalue weighted by atomic mass is 9.78. The van der Waals surface area contributed by atoms with E-state index in [0.29, 0.717) is 5.75 Å². The number of hydrogen-bond acceptors (Lipinski definition) is 3. The fourth-order valence-electron chi connectivity index (χ4n) is 2.22. The number of rotatable bonds is 5. The van der Waals surface area contributed by atoms with Gasteiger partial charge in [0.15, 0.2) is 6.79 Å². The summed E-state index contributed by atoms with van der Waals surface area (Å²) < 4.78 is 10.2. The van der Waals surface area contributed by atoms with Crippen molar-refractivity contribution >= 4 is 0 Å². The molecule has 0 spiro atoms. The van der Waals surface area contributed by atoms with Gasteiger partial charge in [-0.25, -0.2) is 0 Å². The van der Waals surface area contributed by atoms with Crippen molar-refractivity contribution in [3.05, 3.63) is 59.7 Å². The summed E-state index contributed by atoms with van der Waals surface area (Å²) in [5.41, 5.74) is 2.30. The van der Waals surface area contributed by atoms with Crippen LogP contribution in [0, 0.1) is 0 Å². The minimum Gasteiger partial charge on any atom is -0.497 e. The van der Waals surface area contributed by atoms with Gasteiger partial charge in [-0.05, 0) is 35.4 Å². The lowest BCUT2D eigenvalue weighted by Crippen LogP contribution is -2.18. The second-order valence-corrected chi connectivity index (χ2v) is 5.15. The van der Waals surface area contributed by atoms with Crippen LogP contribution in [0.15, 0.2) is 48.5 Å². The summed E-state index contributed by atoms with van der Waals surface area (Å²) in [7, 11) is 1.67. The van der Waals surface area contributed by atoms with Crippen LogP contribution >= 0.6 is 0 Å². The molecule has 2 aromatic carbocycles. The van der Waals surface area contributed by atoms with Gasteiger partial charge in [0.05, 0.1) is 7.11 Å². The van der Waals surface area contributed by atoms with Crippen molar-refractivity contribution < 1.29 is 14.6 Å². The van der Waals surface area contributed by atoms with E-state index in [9.17, 15) is 0 Å². The minimum absolute atomic E-state index is 0.107. The average molecular weight is 272 g/mol. The molecule has 2 aromatic rings. The SMILES string of the molecule is COc1ccc(C(C)(C)c2ccc(OCO)cc2)cc1. The van der Waals surface area contributed by atoms with Crippen LogP contribution in [-0.2, 0) is 5.41 Å². The molecule has 0 unspecified atom stereocenters. The Morgan fingerprint density at radius 1 is 0.850 bits per heavy atom. The molecule has 0 aromatic heterocycles. The Balaban J connectivity index is 2.27. The van der Waals surface area contributed by atoms with E-state index in [1.165, 1.54) is 11.1 Å². The zero-order valence-electron chi connectivity index (χ0n) is 12.1. The van der Waals surface area contributed by atoms with Crippen LogP contribution in [0.3, 0.4) is 0 Å². The van der Waals surface area contributed by atoms with Crippen molar-refractivity contribution in [2.45, 2.75) is 19.3 Å². The van der Waals surface area contributed by atoms with Gasteiger partial charge in [0, 0.05) is 5.41 Å². The molecule has 0 amide bonds. The third kappa shape index (κ3) is 2.94. The maximum Gasteiger partial charge on any atom is 0.186 e. The van der Waals surface area contributed by atoms with Crippen LogP contribution in [0.25, 0.3) is 0 Å². The first-order chi connectivity index (χ1) is 9.57. The molecule has 0 aliphatic carbocycles. The first-order valence-electron chi connectivity index (χ1n) is 6.56. The molecule has 0 bridgehead atoms. The smallest absolute Gasteiger partial charge is 0.186 e. The summed E-state index contributed by atoms with van der Waals surface area (Å²) in [4.78, 5) is 0. The van der Waals surface area contributed by atoms with Crippen LogP contribution in [0.1, 0.15) is 25.0 Å². The van der Waals surface area contributed by atoms with Gasteiger partial charge in [-0.1, -0.05) is 38.1 Å². The summed E-state index contributed by atoms with van der Waals surface area (Å²) in [5, 5.41) is 8.74. The second-order valence-electron chi connectivity index (χ2n) is 5.15. The summed E-state index contributed by atoms with van der Waals surface area (Å²) >= 11 is 0. The fraction of sp³-hybridized carbons (Fsp3) is 0.294. The standard InChI is InChI=1S/C17H20O3/c1-17(2,13-4-8-15(19-3)9-5-13)14-6-10-16(11-7-14)20-12-18/h4-11,18H,12H2,1-3H3. The van der Waals surface area contributed by atoms with Crippen LogP contribution in [0.4, 0.5) is 0 Å². The molecule has 3 heteroatoms. The molecule has 20 heavy (non-hydrogen) atoms. The van der Waals surface area contributed by atoms with Gasteiger partial charge < -0.3 is 14.6 Å². The maximum absolute atomic E-state index is 8.74. The van der Waals surface area contributed by atoms with Crippen LogP contribution in [0.2, 0.25) is 0 Å². The molecule has 0 aliphatic heterocycles. The van der Waals surface area contributed by atoms with Gasteiger partial charge in [0.1, 0.15) is 11.5 Å². The summed E-state index contributed by atoms with van der Waals surface area (Å²) in [5.74, 6) is 1.53. The van der Waals surface area contributed by atoms with E-state index in [1.54, 1.807) is 7.11 Å². The Morgan fingerprint density at radius 2 is 1.30 bits per heavy atom.